The lowest BCUT2D eigenvalue weighted by molar-refractivity contribution is 0.0916. The van der Waals surface area contributed by atoms with E-state index >= 15 is 0 Å². The molecule has 1 fully saturated rings. The van der Waals surface area contributed by atoms with E-state index in [4.69, 9.17) is 0 Å². The Balaban J connectivity index is 2.67. The summed E-state index contributed by atoms with van der Waals surface area (Å²) in [6.07, 6.45) is 5.52. The van der Waals surface area contributed by atoms with Gasteiger partial charge >= 0.3 is 0 Å². The van der Waals surface area contributed by atoms with Crippen LogP contribution in [-0.2, 0) is 0 Å². The number of hydrogen-bond donors (Lipinski definition) is 1. The second-order valence-corrected chi connectivity index (χ2v) is 6.03. The van der Waals surface area contributed by atoms with Crippen molar-refractivity contribution in [1.82, 2.24) is 5.32 Å². The minimum absolute atomic E-state index is 0.507. The first kappa shape index (κ1) is 13.0. The van der Waals surface area contributed by atoms with Crippen LogP contribution in [0.15, 0.2) is 0 Å². The number of nitrogens with one attached hydrogen (secondary N) is 1. The lowest BCUT2D eigenvalue weighted by Gasteiger charge is -2.44. The molecule has 0 radical (unpaired) electrons. The van der Waals surface area contributed by atoms with Gasteiger partial charge in [-0.1, -0.05) is 47.5 Å². The molecule has 3 atom stereocenters. The predicted molar refractivity (Wildman–Crippen MR) is 68.0 cm³/mol. The first-order valence-electron chi connectivity index (χ1n) is 6.74. The molecule has 0 saturated heterocycles. The van der Waals surface area contributed by atoms with E-state index in [1.807, 2.05) is 0 Å². The maximum Gasteiger partial charge on any atom is 0.0103 e. The van der Waals surface area contributed by atoms with Crippen LogP contribution in [0.1, 0.15) is 60.3 Å². The molecule has 0 aromatic carbocycles. The molecule has 0 heterocycles. The average Bonchev–Trinajstić information content (AvgIpc) is 2.18. The Labute approximate surface area is 96.0 Å². The first-order chi connectivity index (χ1) is 7.01. The van der Waals surface area contributed by atoms with Crippen molar-refractivity contribution in [3.05, 3.63) is 0 Å². The lowest BCUT2D eigenvalue weighted by Crippen LogP contribution is -2.46. The fourth-order valence-corrected chi connectivity index (χ4v) is 3.07. The SMILES string of the molecule is CCNC1CC(C)CCC1C(C)(C)CC. The second-order valence-electron chi connectivity index (χ2n) is 6.03. The molecule has 15 heavy (non-hydrogen) atoms. The van der Waals surface area contributed by atoms with E-state index < -0.39 is 0 Å². The van der Waals surface area contributed by atoms with E-state index in [0.717, 1.165) is 24.4 Å². The Morgan fingerprint density at radius 2 is 1.87 bits per heavy atom. The molecule has 1 aliphatic carbocycles. The van der Waals surface area contributed by atoms with Crippen molar-refractivity contribution in [2.24, 2.45) is 17.3 Å². The van der Waals surface area contributed by atoms with Gasteiger partial charge in [-0.2, -0.15) is 0 Å². The normalized spacial score (nSPS) is 33.0. The van der Waals surface area contributed by atoms with E-state index in [9.17, 15) is 0 Å². The van der Waals surface area contributed by atoms with Crippen LogP contribution in [-0.4, -0.2) is 12.6 Å². The van der Waals surface area contributed by atoms with Gasteiger partial charge in [-0.25, -0.2) is 0 Å². The van der Waals surface area contributed by atoms with Crippen molar-refractivity contribution in [2.45, 2.75) is 66.3 Å². The number of rotatable bonds is 4. The lowest BCUT2D eigenvalue weighted by atomic mass is 9.65. The molecule has 0 spiro atoms. The molecule has 0 aromatic heterocycles. The minimum atomic E-state index is 0.507. The number of hydrogen-bond acceptors (Lipinski definition) is 1. The Bertz CT molecular complexity index is 186. The molecule has 1 saturated carbocycles. The molecule has 1 aliphatic rings. The molecule has 1 N–H and O–H groups in total. The van der Waals surface area contributed by atoms with E-state index in [2.05, 4.69) is 39.9 Å². The Morgan fingerprint density at radius 3 is 2.40 bits per heavy atom. The summed E-state index contributed by atoms with van der Waals surface area (Å²) in [5, 5.41) is 3.71. The third-order valence-corrected chi connectivity index (χ3v) is 4.49. The highest BCUT2D eigenvalue weighted by Gasteiger charge is 2.37. The summed E-state index contributed by atoms with van der Waals surface area (Å²) >= 11 is 0. The van der Waals surface area contributed by atoms with Gasteiger partial charge in [-0.05, 0) is 36.6 Å². The smallest absolute Gasteiger partial charge is 0.0103 e. The van der Waals surface area contributed by atoms with E-state index in [-0.39, 0.29) is 0 Å². The fraction of sp³-hybridized carbons (Fsp3) is 1.00. The molecule has 0 aliphatic heterocycles. The molecule has 3 unspecified atom stereocenters. The minimum Gasteiger partial charge on any atom is -0.314 e. The van der Waals surface area contributed by atoms with E-state index in [1.54, 1.807) is 0 Å². The van der Waals surface area contributed by atoms with Gasteiger partial charge in [0, 0.05) is 6.04 Å². The van der Waals surface area contributed by atoms with Gasteiger partial charge in [0.1, 0.15) is 0 Å². The highest BCUT2D eigenvalue weighted by molar-refractivity contribution is 4.91. The maximum atomic E-state index is 3.71. The summed E-state index contributed by atoms with van der Waals surface area (Å²) in [4.78, 5) is 0. The summed E-state index contributed by atoms with van der Waals surface area (Å²) in [7, 11) is 0. The molecule has 0 aromatic rings. The van der Waals surface area contributed by atoms with Crippen molar-refractivity contribution in [2.75, 3.05) is 6.54 Å². The zero-order chi connectivity index (χ0) is 11.5. The summed E-state index contributed by atoms with van der Waals surface area (Å²) in [5.74, 6) is 1.79. The van der Waals surface area contributed by atoms with Crippen LogP contribution in [0.5, 0.6) is 0 Å². The van der Waals surface area contributed by atoms with Gasteiger partial charge in [-0.15, -0.1) is 0 Å². The molecular formula is C14H29N. The first-order valence-corrected chi connectivity index (χ1v) is 6.74. The summed E-state index contributed by atoms with van der Waals surface area (Å²) in [6.45, 7) is 13.0. The zero-order valence-electron chi connectivity index (χ0n) is 11.3. The largest absolute Gasteiger partial charge is 0.314 e. The average molecular weight is 211 g/mol. The van der Waals surface area contributed by atoms with Gasteiger partial charge in [0.15, 0.2) is 0 Å². The maximum absolute atomic E-state index is 3.71. The fourth-order valence-electron chi connectivity index (χ4n) is 3.07. The standard InChI is InChI=1S/C14H29N/c1-6-14(4,5)12-9-8-11(3)10-13(12)15-7-2/h11-13,15H,6-10H2,1-5H3. The summed E-state index contributed by atoms with van der Waals surface area (Å²) < 4.78 is 0. The molecule has 1 rings (SSSR count). The van der Waals surface area contributed by atoms with Crippen LogP contribution in [0.3, 0.4) is 0 Å². The van der Waals surface area contributed by atoms with Gasteiger partial charge in [-0.3, -0.25) is 0 Å². The van der Waals surface area contributed by atoms with Crippen LogP contribution in [0.2, 0.25) is 0 Å². The predicted octanol–water partition coefficient (Wildman–Crippen LogP) is 3.84. The van der Waals surface area contributed by atoms with Gasteiger partial charge in [0.25, 0.3) is 0 Å². The van der Waals surface area contributed by atoms with Crippen LogP contribution < -0.4 is 5.32 Å². The van der Waals surface area contributed by atoms with Gasteiger partial charge in [0.2, 0.25) is 0 Å². The third kappa shape index (κ3) is 3.21. The van der Waals surface area contributed by atoms with Crippen molar-refractivity contribution in [1.29, 1.82) is 0 Å². The van der Waals surface area contributed by atoms with E-state index in [0.29, 0.717) is 5.41 Å². The van der Waals surface area contributed by atoms with Crippen molar-refractivity contribution >= 4 is 0 Å². The highest BCUT2D eigenvalue weighted by Crippen LogP contribution is 2.42. The van der Waals surface area contributed by atoms with Crippen LogP contribution >= 0.6 is 0 Å². The second kappa shape index (κ2) is 5.34. The highest BCUT2D eigenvalue weighted by atomic mass is 14.9. The molecule has 1 heteroatoms. The summed E-state index contributed by atoms with van der Waals surface area (Å²) in [5.41, 5.74) is 0.507. The molecular weight excluding hydrogens is 182 g/mol. The van der Waals surface area contributed by atoms with E-state index in [1.165, 1.54) is 25.7 Å². The Hall–Kier alpha value is -0.0400. The quantitative estimate of drug-likeness (QED) is 0.745. The van der Waals surface area contributed by atoms with Crippen LogP contribution in [0, 0.1) is 17.3 Å². The Kier molecular flexibility index (Phi) is 4.64. The monoisotopic (exact) mass is 211 g/mol. The molecule has 1 nitrogen and oxygen atoms in total. The third-order valence-electron chi connectivity index (χ3n) is 4.49. The topological polar surface area (TPSA) is 12.0 Å². The Morgan fingerprint density at radius 1 is 1.20 bits per heavy atom. The van der Waals surface area contributed by atoms with Crippen molar-refractivity contribution in [3.8, 4) is 0 Å². The van der Waals surface area contributed by atoms with Crippen molar-refractivity contribution in [3.63, 3.8) is 0 Å². The van der Waals surface area contributed by atoms with Crippen molar-refractivity contribution < 1.29 is 0 Å². The van der Waals surface area contributed by atoms with Crippen LogP contribution in [0.25, 0.3) is 0 Å². The summed E-state index contributed by atoms with van der Waals surface area (Å²) in [6, 6.07) is 0.758. The molecule has 0 amide bonds. The molecule has 0 bridgehead atoms. The van der Waals surface area contributed by atoms with Gasteiger partial charge in [0.05, 0.1) is 0 Å². The zero-order valence-corrected chi connectivity index (χ0v) is 11.3. The van der Waals surface area contributed by atoms with Crippen LogP contribution in [0.4, 0.5) is 0 Å². The van der Waals surface area contributed by atoms with Gasteiger partial charge < -0.3 is 5.32 Å². The molecule has 90 valence electrons.